The fourth-order valence-electron chi connectivity index (χ4n) is 3.95. The summed E-state index contributed by atoms with van der Waals surface area (Å²) in [5, 5.41) is 3.52. The first-order valence-corrected chi connectivity index (χ1v) is 9.33. The number of benzene rings is 1. The lowest BCUT2D eigenvalue weighted by Crippen LogP contribution is -2.41. The van der Waals surface area contributed by atoms with Crippen molar-refractivity contribution in [3.8, 4) is 0 Å². The van der Waals surface area contributed by atoms with Gasteiger partial charge in [0.05, 0.1) is 12.9 Å². The zero-order chi connectivity index (χ0) is 17.8. The Balaban J connectivity index is 0.00000210. The van der Waals surface area contributed by atoms with Crippen molar-refractivity contribution in [3.63, 3.8) is 0 Å². The molecule has 2 aliphatic rings. The highest BCUT2D eigenvalue weighted by atomic mass is 127. The quantitative estimate of drug-likeness (QED) is 0.415. The molecule has 2 aliphatic heterocycles. The van der Waals surface area contributed by atoms with E-state index in [1.807, 2.05) is 25.8 Å². The molecule has 1 aromatic carbocycles. The molecule has 0 saturated carbocycles. The van der Waals surface area contributed by atoms with Gasteiger partial charge in [-0.25, -0.2) is 4.98 Å². The summed E-state index contributed by atoms with van der Waals surface area (Å²) in [7, 11) is 1.87. The van der Waals surface area contributed by atoms with E-state index in [0.29, 0.717) is 5.41 Å². The van der Waals surface area contributed by atoms with Crippen LogP contribution in [0, 0.1) is 5.41 Å². The van der Waals surface area contributed by atoms with Crippen molar-refractivity contribution in [2.75, 3.05) is 33.4 Å². The van der Waals surface area contributed by atoms with Crippen molar-refractivity contribution in [1.82, 2.24) is 19.8 Å². The monoisotopic (exact) mass is 481 g/mol. The molecular formula is C20H28IN5O. The van der Waals surface area contributed by atoms with Crippen LogP contribution < -0.4 is 5.32 Å². The number of imidazole rings is 1. The lowest BCUT2D eigenvalue weighted by atomic mass is 9.87. The summed E-state index contributed by atoms with van der Waals surface area (Å²) >= 11 is 0. The molecule has 0 aliphatic carbocycles. The maximum absolute atomic E-state index is 5.63. The van der Waals surface area contributed by atoms with Crippen LogP contribution in [0.5, 0.6) is 0 Å². The zero-order valence-electron chi connectivity index (χ0n) is 15.8. The summed E-state index contributed by atoms with van der Waals surface area (Å²) < 4.78 is 7.70. The number of nitrogens with zero attached hydrogens (tertiary/aromatic N) is 4. The molecule has 1 spiro atoms. The minimum Gasteiger partial charge on any atom is -0.381 e. The summed E-state index contributed by atoms with van der Waals surface area (Å²) in [6, 6.07) is 8.73. The van der Waals surface area contributed by atoms with Crippen molar-refractivity contribution in [3.05, 3.63) is 54.1 Å². The van der Waals surface area contributed by atoms with Crippen LogP contribution >= 0.6 is 24.0 Å². The van der Waals surface area contributed by atoms with Crippen LogP contribution in [-0.4, -0.2) is 53.8 Å². The number of nitrogens with one attached hydrogen (secondary N) is 1. The van der Waals surface area contributed by atoms with Crippen molar-refractivity contribution < 1.29 is 4.74 Å². The molecule has 2 saturated heterocycles. The molecule has 1 aromatic heterocycles. The Hall–Kier alpha value is -1.61. The zero-order valence-corrected chi connectivity index (χ0v) is 18.1. The van der Waals surface area contributed by atoms with E-state index in [2.05, 4.69) is 49.0 Å². The molecule has 6 nitrogen and oxygen atoms in total. The van der Waals surface area contributed by atoms with E-state index in [-0.39, 0.29) is 24.0 Å². The van der Waals surface area contributed by atoms with Gasteiger partial charge in [-0.05, 0) is 24.0 Å². The first-order valence-electron chi connectivity index (χ1n) is 9.33. The third kappa shape index (κ3) is 4.82. The van der Waals surface area contributed by atoms with Gasteiger partial charge in [0, 0.05) is 57.6 Å². The van der Waals surface area contributed by atoms with Crippen LogP contribution in [0.2, 0.25) is 0 Å². The summed E-state index contributed by atoms with van der Waals surface area (Å²) in [6.45, 7) is 5.57. The summed E-state index contributed by atoms with van der Waals surface area (Å²) in [5.41, 5.74) is 2.89. The molecule has 146 valence electrons. The smallest absolute Gasteiger partial charge is 0.193 e. The van der Waals surface area contributed by atoms with Crippen LogP contribution in [0.3, 0.4) is 0 Å². The highest BCUT2D eigenvalue weighted by Gasteiger charge is 2.42. The van der Waals surface area contributed by atoms with Crippen molar-refractivity contribution in [1.29, 1.82) is 0 Å². The topological polar surface area (TPSA) is 54.7 Å². The van der Waals surface area contributed by atoms with Crippen LogP contribution in [0.15, 0.2) is 48.0 Å². The third-order valence-electron chi connectivity index (χ3n) is 5.53. The fraction of sp³-hybridized carbons (Fsp3) is 0.500. The van der Waals surface area contributed by atoms with E-state index in [1.165, 1.54) is 24.0 Å². The van der Waals surface area contributed by atoms with Gasteiger partial charge in [0.1, 0.15) is 0 Å². The number of guanidine groups is 1. The molecule has 27 heavy (non-hydrogen) atoms. The Morgan fingerprint density at radius 2 is 2.07 bits per heavy atom. The third-order valence-corrected chi connectivity index (χ3v) is 5.53. The lowest BCUT2D eigenvalue weighted by Gasteiger charge is -2.25. The normalized spacial score (nSPS) is 22.3. The molecule has 3 heterocycles. The maximum Gasteiger partial charge on any atom is 0.193 e. The Morgan fingerprint density at radius 3 is 2.74 bits per heavy atom. The van der Waals surface area contributed by atoms with E-state index in [4.69, 9.17) is 4.74 Å². The first-order chi connectivity index (χ1) is 12.8. The number of aliphatic imine (C=N–C) groups is 1. The predicted molar refractivity (Wildman–Crippen MR) is 117 cm³/mol. The second kappa shape index (κ2) is 9.05. The van der Waals surface area contributed by atoms with Gasteiger partial charge in [0.15, 0.2) is 5.96 Å². The van der Waals surface area contributed by atoms with Gasteiger partial charge >= 0.3 is 0 Å². The average Bonchev–Trinajstić information content (AvgIpc) is 3.41. The molecule has 0 bridgehead atoms. The summed E-state index contributed by atoms with van der Waals surface area (Å²) in [6.07, 6.45) is 8.02. The molecule has 7 heteroatoms. The van der Waals surface area contributed by atoms with Gasteiger partial charge in [-0.1, -0.05) is 24.3 Å². The second-order valence-corrected chi connectivity index (χ2v) is 7.43. The van der Waals surface area contributed by atoms with Crippen molar-refractivity contribution in [2.24, 2.45) is 10.4 Å². The highest BCUT2D eigenvalue weighted by Crippen LogP contribution is 2.38. The standard InChI is InChI=1S/C20H27N5O.HI/c1-21-19(25-9-6-20(14-25)7-11-26-15-20)23-12-17-2-4-18(5-3-17)13-24-10-8-22-16-24;/h2-5,8,10,16H,6-7,9,11-15H2,1H3,(H,21,23);1H. The van der Waals surface area contributed by atoms with Crippen LogP contribution in [0.25, 0.3) is 0 Å². The van der Waals surface area contributed by atoms with Crippen molar-refractivity contribution >= 4 is 29.9 Å². The molecule has 1 unspecified atom stereocenters. The van der Waals surface area contributed by atoms with Gasteiger partial charge in [0.25, 0.3) is 0 Å². The second-order valence-electron chi connectivity index (χ2n) is 7.43. The number of hydrogen-bond acceptors (Lipinski definition) is 3. The minimum absolute atomic E-state index is 0. The molecule has 0 radical (unpaired) electrons. The number of rotatable bonds is 4. The Kier molecular flexibility index (Phi) is 6.75. The van der Waals surface area contributed by atoms with Gasteiger partial charge in [0.2, 0.25) is 0 Å². The molecular weight excluding hydrogens is 453 g/mol. The number of hydrogen-bond donors (Lipinski definition) is 1. The molecule has 2 aromatic rings. The number of aromatic nitrogens is 2. The summed E-state index contributed by atoms with van der Waals surface area (Å²) in [5.74, 6) is 0.997. The maximum atomic E-state index is 5.63. The number of likely N-dealkylation sites (tertiary alicyclic amines) is 1. The van der Waals surface area contributed by atoms with Crippen molar-refractivity contribution in [2.45, 2.75) is 25.9 Å². The molecule has 1 atom stereocenters. The molecule has 0 amide bonds. The Labute approximate surface area is 178 Å². The summed E-state index contributed by atoms with van der Waals surface area (Å²) in [4.78, 5) is 11.0. The van der Waals surface area contributed by atoms with E-state index in [9.17, 15) is 0 Å². The van der Waals surface area contributed by atoms with E-state index >= 15 is 0 Å². The predicted octanol–water partition coefficient (Wildman–Crippen LogP) is 2.74. The lowest BCUT2D eigenvalue weighted by molar-refractivity contribution is 0.156. The van der Waals surface area contributed by atoms with Gasteiger partial charge in [-0.2, -0.15) is 0 Å². The SMILES string of the molecule is CN=C(NCc1ccc(Cn2ccnc2)cc1)N1CCC2(CCOC2)C1.I. The molecule has 1 N–H and O–H groups in total. The molecule has 2 fully saturated rings. The van der Waals surface area contributed by atoms with E-state index in [1.54, 1.807) is 0 Å². The van der Waals surface area contributed by atoms with E-state index < -0.39 is 0 Å². The largest absolute Gasteiger partial charge is 0.381 e. The fourth-order valence-corrected chi connectivity index (χ4v) is 3.95. The van der Waals surface area contributed by atoms with Crippen LogP contribution in [0.4, 0.5) is 0 Å². The molecule has 4 rings (SSSR count). The number of ether oxygens (including phenoxy) is 1. The highest BCUT2D eigenvalue weighted by molar-refractivity contribution is 14.0. The van der Waals surface area contributed by atoms with Gasteiger partial charge < -0.3 is 19.5 Å². The average molecular weight is 481 g/mol. The van der Waals surface area contributed by atoms with Gasteiger partial charge in [-0.15, -0.1) is 24.0 Å². The van der Waals surface area contributed by atoms with E-state index in [0.717, 1.165) is 45.4 Å². The first kappa shape index (κ1) is 20.1. The Morgan fingerprint density at radius 1 is 1.26 bits per heavy atom. The van der Waals surface area contributed by atoms with Crippen LogP contribution in [0.1, 0.15) is 24.0 Å². The van der Waals surface area contributed by atoms with Gasteiger partial charge in [-0.3, -0.25) is 4.99 Å². The number of halogens is 1. The minimum atomic E-state index is 0. The Bertz CT molecular complexity index is 738. The van der Waals surface area contributed by atoms with Crippen LogP contribution in [-0.2, 0) is 17.8 Å².